The van der Waals surface area contributed by atoms with Gasteiger partial charge in [0.25, 0.3) is 11.7 Å². The van der Waals surface area contributed by atoms with Crippen molar-refractivity contribution in [3.63, 3.8) is 0 Å². The highest BCUT2D eigenvalue weighted by atomic mass is 16.5. The van der Waals surface area contributed by atoms with E-state index in [4.69, 9.17) is 13.9 Å². The highest BCUT2D eigenvalue weighted by Crippen LogP contribution is 2.41. The predicted octanol–water partition coefficient (Wildman–Crippen LogP) is 5.80. The number of furan rings is 1. The average molecular weight is 510 g/mol. The van der Waals surface area contributed by atoms with E-state index in [9.17, 15) is 14.7 Å². The van der Waals surface area contributed by atoms with Gasteiger partial charge in [-0.3, -0.25) is 9.59 Å². The summed E-state index contributed by atoms with van der Waals surface area (Å²) in [6.07, 6.45) is 1.51. The largest absolute Gasteiger partial charge is 0.507 e. The Morgan fingerprint density at radius 3 is 2.45 bits per heavy atom. The van der Waals surface area contributed by atoms with Gasteiger partial charge < -0.3 is 23.9 Å². The van der Waals surface area contributed by atoms with E-state index in [-0.39, 0.29) is 17.9 Å². The van der Waals surface area contributed by atoms with Crippen molar-refractivity contribution in [2.45, 2.75) is 26.1 Å². The van der Waals surface area contributed by atoms with Crippen LogP contribution in [0.5, 0.6) is 11.5 Å². The molecular formula is C31H27NO6. The number of amides is 1. The highest BCUT2D eigenvalue weighted by molar-refractivity contribution is 6.46. The van der Waals surface area contributed by atoms with Crippen LogP contribution in [0.1, 0.15) is 34.1 Å². The summed E-state index contributed by atoms with van der Waals surface area (Å²) in [6, 6.07) is 24.6. The normalized spacial score (nSPS) is 16.6. The summed E-state index contributed by atoms with van der Waals surface area (Å²) in [7, 11) is 1.54. The average Bonchev–Trinajstić information content (AvgIpc) is 3.54. The molecule has 0 spiro atoms. The van der Waals surface area contributed by atoms with Gasteiger partial charge in [0.15, 0.2) is 0 Å². The van der Waals surface area contributed by atoms with Crippen LogP contribution in [0.15, 0.2) is 101 Å². The minimum Gasteiger partial charge on any atom is -0.507 e. The van der Waals surface area contributed by atoms with Crippen molar-refractivity contribution in [3.8, 4) is 11.5 Å². The number of Topliss-reactive ketones (excluding diaryl/α,β-unsaturated/α-hetero) is 1. The van der Waals surface area contributed by atoms with Crippen LogP contribution in [0.3, 0.4) is 0 Å². The SMILES string of the molecule is COc1cccc(C2/C(=C(\O)c3ccc(OCc4cccc(C)c4)cc3)C(=O)C(=O)N2Cc2ccco2)c1. The zero-order chi connectivity index (χ0) is 26.6. The molecule has 0 aliphatic carbocycles. The van der Waals surface area contributed by atoms with Gasteiger partial charge in [-0.2, -0.15) is 0 Å². The summed E-state index contributed by atoms with van der Waals surface area (Å²) in [5.41, 5.74) is 3.24. The fourth-order valence-corrected chi connectivity index (χ4v) is 4.60. The van der Waals surface area contributed by atoms with Crippen LogP contribution in [-0.4, -0.2) is 28.8 Å². The summed E-state index contributed by atoms with van der Waals surface area (Å²) in [4.78, 5) is 27.8. The molecule has 1 amide bonds. The van der Waals surface area contributed by atoms with Crippen molar-refractivity contribution >= 4 is 17.4 Å². The summed E-state index contributed by atoms with van der Waals surface area (Å²) >= 11 is 0. The molecule has 0 radical (unpaired) electrons. The number of ether oxygens (including phenoxy) is 2. The monoisotopic (exact) mass is 509 g/mol. The van der Waals surface area contributed by atoms with Crippen LogP contribution in [0.2, 0.25) is 0 Å². The van der Waals surface area contributed by atoms with Crippen molar-refractivity contribution in [2.24, 2.45) is 0 Å². The van der Waals surface area contributed by atoms with E-state index in [1.165, 1.54) is 11.2 Å². The van der Waals surface area contributed by atoms with Crippen molar-refractivity contribution in [1.82, 2.24) is 4.90 Å². The Labute approximate surface area is 220 Å². The summed E-state index contributed by atoms with van der Waals surface area (Å²) in [5.74, 6) is -0.0272. The van der Waals surface area contributed by atoms with Crippen LogP contribution < -0.4 is 9.47 Å². The number of hydrogen-bond acceptors (Lipinski definition) is 6. The van der Waals surface area contributed by atoms with Gasteiger partial charge in [0.05, 0.1) is 31.5 Å². The molecule has 1 atom stereocenters. The maximum Gasteiger partial charge on any atom is 0.296 e. The Morgan fingerprint density at radius 2 is 1.74 bits per heavy atom. The Kier molecular flexibility index (Phi) is 7.00. The molecular weight excluding hydrogens is 482 g/mol. The summed E-state index contributed by atoms with van der Waals surface area (Å²) in [5, 5.41) is 11.3. The van der Waals surface area contributed by atoms with E-state index in [1.807, 2.05) is 25.1 Å². The molecule has 1 unspecified atom stereocenters. The fourth-order valence-electron chi connectivity index (χ4n) is 4.60. The molecule has 0 bridgehead atoms. The zero-order valence-corrected chi connectivity index (χ0v) is 21.1. The number of nitrogens with zero attached hydrogens (tertiary/aromatic N) is 1. The molecule has 38 heavy (non-hydrogen) atoms. The van der Waals surface area contributed by atoms with Crippen molar-refractivity contribution in [1.29, 1.82) is 0 Å². The molecule has 7 heteroatoms. The fraction of sp³-hybridized carbons (Fsp3) is 0.161. The van der Waals surface area contributed by atoms with Gasteiger partial charge in [-0.1, -0.05) is 42.0 Å². The van der Waals surface area contributed by atoms with Gasteiger partial charge in [-0.15, -0.1) is 0 Å². The van der Waals surface area contributed by atoms with E-state index in [0.717, 1.165) is 11.1 Å². The molecule has 3 aromatic carbocycles. The van der Waals surface area contributed by atoms with Crippen LogP contribution in [0.4, 0.5) is 0 Å². The third kappa shape index (κ3) is 5.04. The van der Waals surface area contributed by atoms with Crippen molar-refractivity contribution in [2.75, 3.05) is 7.11 Å². The van der Waals surface area contributed by atoms with Gasteiger partial charge in [0.1, 0.15) is 29.6 Å². The quantitative estimate of drug-likeness (QED) is 0.184. The van der Waals surface area contributed by atoms with E-state index in [1.54, 1.807) is 67.8 Å². The topological polar surface area (TPSA) is 89.2 Å². The molecule has 4 aromatic rings. The molecule has 1 aliphatic heterocycles. The molecule has 7 nitrogen and oxygen atoms in total. The van der Waals surface area contributed by atoms with Gasteiger partial charge in [0.2, 0.25) is 0 Å². The van der Waals surface area contributed by atoms with Gasteiger partial charge in [-0.25, -0.2) is 0 Å². The third-order valence-corrected chi connectivity index (χ3v) is 6.47. The molecule has 1 aliphatic rings. The Bertz CT molecular complexity index is 1490. The second-order valence-electron chi connectivity index (χ2n) is 9.09. The predicted molar refractivity (Wildman–Crippen MR) is 142 cm³/mol. The zero-order valence-electron chi connectivity index (χ0n) is 21.1. The maximum absolute atomic E-state index is 13.3. The summed E-state index contributed by atoms with van der Waals surface area (Å²) < 4.78 is 16.7. The maximum atomic E-state index is 13.3. The third-order valence-electron chi connectivity index (χ3n) is 6.47. The lowest BCUT2D eigenvalue weighted by Gasteiger charge is -2.24. The lowest BCUT2D eigenvalue weighted by atomic mass is 9.95. The molecule has 2 heterocycles. The minimum atomic E-state index is -0.826. The Morgan fingerprint density at radius 1 is 0.947 bits per heavy atom. The number of aliphatic hydroxyl groups is 1. The number of methoxy groups -OCH3 is 1. The number of carbonyl (C=O) groups excluding carboxylic acids is 2. The number of benzene rings is 3. The number of carbonyl (C=O) groups is 2. The molecule has 1 fully saturated rings. The second-order valence-corrected chi connectivity index (χ2v) is 9.09. The van der Waals surface area contributed by atoms with E-state index in [2.05, 4.69) is 6.07 Å². The molecule has 1 aromatic heterocycles. The lowest BCUT2D eigenvalue weighted by molar-refractivity contribution is -0.140. The van der Waals surface area contributed by atoms with Crippen LogP contribution in [0.25, 0.3) is 5.76 Å². The van der Waals surface area contributed by atoms with Gasteiger partial charge >= 0.3 is 0 Å². The van der Waals surface area contributed by atoms with Crippen molar-refractivity contribution in [3.05, 3.63) is 125 Å². The molecule has 192 valence electrons. The first-order chi connectivity index (χ1) is 18.4. The van der Waals surface area contributed by atoms with E-state index in [0.29, 0.717) is 35.0 Å². The van der Waals surface area contributed by atoms with Crippen LogP contribution in [-0.2, 0) is 22.7 Å². The second kappa shape index (κ2) is 10.7. The molecule has 0 saturated carbocycles. The summed E-state index contributed by atoms with van der Waals surface area (Å²) in [6.45, 7) is 2.50. The molecule has 1 saturated heterocycles. The van der Waals surface area contributed by atoms with Crippen LogP contribution in [0, 0.1) is 6.92 Å². The van der Waals surface area contributed by atoms with Crippen LogP contribution >= 0.6 is 0 Å². The Hall–Kier alpha value is -4.78. The lowest BCUT2D eigenvalue weighted by Crippen LogP contribution is -2.29. The number of ketones is 1. The number of likely N-dealkylation sites (tertiary alicyclic amines) is 1. The van der Waals surface area contributed by atoms with Gasteiger partial charge in [-0.05, 0) is 66.6 Å². The molecule has 5 rings (SSSR count). The first kappa shape index (κ1) is 24.9. The number of rotatable bonds is 8. The molecule has 1 N–H and O–H groups in total. The van der Waals surface area contributed by atoms with Crippen molar-refractivity contribution < 1.29 is 28.6 Å². The number of aliphatic hydroxyl groups excluding tert-OH is 1. The number of hydrogen-bond donors (Lipinski definition) is 1. The minimum absolute atomic E-state index is 0.00300. The Balaban J connectivity index is 1.48. The highest BCUT2D eigenvalue weighted by Gasteiger charge is 2.46. The van der Waals surface area contributed by atoms with E-state index >= 15 is 0 Å². The van der Waals surface area contributed by atoms with Gasteiger partial charge in [0, 0.05) is 5.56 Å². The number of aryl methyl sites for hydroxylation is 1. The first-order valence-corrected chi connectivity index (χ1v) is 12.2. The smallest absolute Gasteiger partial charge is 0.296 e. The first-order valence-electron chi connectivity index (χ1n) is 12.2. The standard InChI is InChI=1S/C31H27NO6/c1-20-6-3-7-21(16-20)19-38-24-13-11-22(12-14-24)29(33)27-28(23-8-4-9-25(17-23)36-2)32(31(35)30(27)34)18-26-10-5-15-37-26/h3-17,28,33H,18-19H2,1-2H3/b29-27+. The van der Waals surface area contributed by atoms with E-state index < -0.39 is 17.7 Å².